The summed E-state index contributed by atoms with van der Waals surface area (Å²) in [4.78, 5) is 7.28. The van der Waals surface area contributed by atoms with Gasteiger partial charge in [-0.3, -0.25) is 9.88 Å². The van der Waals surface area contributed by atoms with Crippen LogP contribution in [0.5, 0.6) is 0 Å². The molecule has 0 atom stereocenters. The lowest BCUT2D eigenvalue weighted by Crippen LogP contribution is -2.34. The molecule has 1 aliphatic rings. The number of aromatic nitrogens is 1. The van der Waals surface area contributed by atoms with Crippen LogP contribution in [0.3, 0.4) is 0 Å². The van der Waals surface area contributed by atoms with Crippen LogP contribution in [0.2, 0.25) is 0 Å². The average Bonchev–Trinajstić information content (AvgIpc) is 2.34. The quantitative estimate of drug-likeness (QED) is 0.821. The summed E-state index contributed by atoms with van der Waals surface area (Å²) in [6.07, 6.45) is 1.06. The summed E-state index contributed by atoms with van der Waals surface area (Å²) in [5, 5.41) is 0. The third-order valence-corrected chi connectivity index (χ3v) is 3.51. The molecule has 0 aliphatic carbocycles. The van der Waals surface area contributed by atoms with Crippen molar-refractivity contribution in [1.82, 2.24) is 9.88 Å². The fourth-order valence-electron chi connectivity index (χ4n) is 2.30. The summed E-state index contributed by atoms with van der Waals surface area (Å²) >= 11 is 0. The lowest BCUT2D eigenvalue weighted by Gasteiger charge is -2.29. The lowest BCUT2D eigenvalue weighted by atomic mass is 9.90. The van der Waals surface area contributed by atoms with Crippen molar-refractivity contribution in [2.24, 2.45) is 0 Å². The van der Waals surface area contributed by atoms with Gasteiger partial charge in [-0.1, -0.05) is 26.8 Å². The first-order valence-corrected chi connectivity index (χ1v) is 6.71. The number of rotatable bonds is 3. The number of nitrogens with zero attached hydrogens (tertiary/aromatic N) is 2. The molecular formula is C15H24N2O. The van der Waals surface area contributed by atoms with Crippen molar-refractivity contribution in [3.63, 3.8) is 0 Å². The number of hydrogen-bond acceptors (Lipinski definition) is 3. The number of ether oxygens (including phenoxy) is 1. The van der Waals surface area contributed by atoms with Crippen LogP contribution in [0.1, 0.15) is 37.7 Å². The largest absolute Gasteiger partial charge is 0.383 e. The molecule has 2 rings (SSSR count). The predicted molar refractivity (Wildman–Crippen MR) is 73.8 cm³/mol. The first-order chi connectivity index (χ1) is 8.50. The van der Waals surface area contributed by atoms with E-state index in [-0.39, 0.29) is 5.41 Å². The van der Waals surface area contributed by atoms with E-state index in [1.807, 2.05) is 0 Å². The third kappa shape index (κ3) is 3.09. The standard InChI is InChI=1S/C15H24N2O/c1-15(2,3)14-6-5-12-11-17(9-10-18-4)8-7-13(12)16-14/h5-6H,7-11H2,1-4H3. The summed E-state index contributed by atoms with van der Waals surface area (Å²) in [5.74, 6) is 0. The zero-order chi connectivity index (χ0) is 13.2. The molecule has 0 spiro atoms. The highest BCUT2D eigenvalue weighted by molar-refractivity contribution is 5.27. The topological polar surface area (TPSA) is 25.4 Å². The van der Waals surface area contributed by atoms with Gasteiger partial charge in [0.25, 0.3) is 0 Å². The first-order valence-electron chi connectivity index (χ1n) is 6.71. The van der Waals surface area contributed by atoms with E-state index in [1.165, 1.54) is 17.0 Å². The molecule has 0 saturated carbocycles. The summed E-state index contributed by atoms with van der Waals surface area (Å²) in [6.45, 7) is 10.6. The molecule has 0 radical (unpaired) electrons. The molecule has 1 aliphatic heterocycles. The Labute approximate surface area is 110 Å². The third-order valence-electron chi connectivity index (χ3n) is 3.51. The molecule has 1 aromatic rings. The van der Waals surface area contributed by atoms with Gasteiger partial charge >= 0.3 is 0 Å². The highest BCUT2D eigenvalue weighted by Crippen LogP contribution is 2.24. The van der Waals surface area contributed by atoms with Crippen molar-refractivity contribution in [3.8, 4) is 0 Å². The van der Waals surface area contributed by atoms with Gasteiger partial charge in [-0.25, -0.2) is 0 Å². The molecule has 0 bridgehead atoms. The van der Waals surface area contributed by atoms with E-state index in [1.54, 1.807) is 7.11 Å². The molecule has 3 heteroatoms. The van der Waals surface area contributed by atoms with Crippen LogP contribution < -0.4 is 0 Å². The number of methoxy groups -OCH3 is 1. The second-order valence-electron chi connectivity index (χ2n) is 6.07. The molecule has 1 aromatic heterocycles. The summed E-state index contributed by atoms with van der Waals surface area (Å²) in [6, 6.07) is 4.43. The van der Waals surface area contributed by atoms with E-state index < -0.39 is 0 Å². The monoisotopic (exact) mass is 248 g/mol. The van der Waals surface area contributed by atoms with Crippen molar-refractivity contribution in [2.75, 3.05) is 26.8 Å². The molecule has 2 heterocycles. The van der Waals surface area contributed by atoms with Gasteiger partial charge in [-0.05, 0) is 11.6 Å². The molecule has 3 nitrogen and oxygen atoms in total. The van der Waals surface area contributed by atoms with E-state index in [0.29, 0.717) is 0 Å². The molecule has 0 N–H and O–H groups in total. The van der Waals surface area contributed by atoms with Crippen molar-refractivity contribution in [1.29, 1.82) is 0 Å². The molecule has 0 aromatic carbocycles. The van der Waals surface area contributed by atoms with Crippen LogP contribution in [0.15, 0.2) is 12.1 Å². The van der Waals surface area contributed by atoms with Crippen LogP contribution >= 0.6 is 0 Å². The van der Waals surface area contributed by atoms with Crippen LogP contribution in [0, 0.1) is 0 Å². The zero-order valence-electron chi connectivity index (χ0n) is 12.0. The van der Waals surface area contributed by atoms with Crippen molar-refractivity contribution >= 4 is 0 Å². The average molecular weight is 248 g/mol. The van der Waals surface area contributed by atoms with Gasteiger partial charge in [0.2, 0.25) is 0 Å². The fourth-order valence-corrected chi connectivity index (χ4v) is 2.30. The van der Waals surface area contributed by atoms with Crippen LogP contribution in [-0.4, -0.2) is 36.7 Å². The summed E-state index contributed by atoms with van der Waals surface area (Å²) in [5.41, 5.74) is 4.01. The highest BCUT2D eigenvalue weighted by atomic mass is 16.5. The second-order valence-corrected chi connectivity index (χ2v) is 6.07. The SMILES string of the molecule is COCCN1CCc2nc(C(C)(C)C)ccc2C1. The maximum atomic E-state index is 5.14. The molecule has 18 heavy (non-hydrogen) atoms. The molecule has 0 saturated heterocycles. The normalized spacial score (nSPS) is 16.7. The molecular weight excluding hydrogens is 224 g/mol. The number of pyridine rings is 1. The van der Waals surface area contributed by atoms with E-state index >= 15 is 0 Å². The first kappa shape index (κ1) is 13.5. The van der Waals surface area contributed by atoms with Crippen molar-refractivity contribution in [3.05, 3.63) is 29.1 Å². The van der Waals surface area contributed by atoms with E-state index in [4.69, 9.17) is 9.72 Å². The van der Waals surface area contributed by atoms with Gasteiger partial charge in [0.15, 0.2) is 0 Å². The number of hydrogen-bond donors (Lipinski definition) is 0. The Morgan fingerprint density at radius 3 is 2.78 bits per heavy atom. The van der Waals surface area contributed by atoms with Gasteiger partial charge in [0.1, 0.15) is 0 Å². The van der Waals surface area contributed by atoms with Crippen molar-refractivity contribution in [2.45, 2.75) is 39.2 Å². The fraction of sp³-hybridized carbons (Fsp3) is 0.667. The number of fused-ring (bicyclic) bond motifs is 1. The maximum absolute atomic E-state index is 5.14. The summed E-state index contributed by atoms with van der Waals surface area (Å²) < 4.78 is 5.14. The Morgan fingerprint density at radius 1 is 1.33 bits per heavy atom. The Kier molecular flexibility index (Phi) is 4.03. The van der Waals surface area contributed by atoms with E-state index in [9.17, 15) is 0 Å². The minimum absolute atomic E-state index is 0.141. The van der Waals surface area contributed by atoms with Crippen molar-refractivity contribution < 1.29 is 4.74 Å². The van der Waals surface area contributed by atoms with Crippen LogP contribution in [0.25, 0.3) is 0 Å². The van der Waals surface area contributed by atoms with Gasteiger partial charge in [0, 0.05) is 50.0 Å². The van der Waals surface area contributed by atoms with Gasteiger partial charge in [0.05, 0.1) is 6.61 Å². The van der Waals surface area contributed by atoms with Crippen LogP contribution in [0.4, 0.5) is 0 Å². The smallest absolute Gasteiger partial charge is 0.0589 e. The Hall–Kier alpha value is -0.930. The highest BCUT2D eigenvalue weighted by Gasteiger charge is 2.21. The molecule has 0 amide bonds. The minimum atomic E-state index is 0.141. The van der Waals surface area contributed by atoms with Gasteiger partial charge in [-0.2, -0.15) is 0 Å². The molecule has 0 fully saturated rings. The van der Waals surface area contributed by atoms with Gasteiger partial charge < -0.3 is 4.74 Å². The Morgan fingerprint density at radius 2 is 2.11 bits per heavy atom. The van der Waals surface area contributed by atoms with Gasteiger partial charge in [-0.15, -0.1) is 0 Å². The second kappa shape index (κ2) is 5.37. The lowest BCUT2D eigenvalue weighted by molar-refractivity contribution is 0.140. The molecule has 0 unspecified atom stereocenters. The maximum Gasteiger partial charge on any atom is 0.0589 e. The van der Waals surface area contributed by atoms with E-state index in [2.05, 4.69) is 37.8 Å². The Balaban J connectivity index is 2.11. The summed E-state index contributed by atoms with van der Waals surface area (Å²) in [7, 11) is 1.76. The molecule has 100 valence electrons. The predicted octanol–water partition coefficient (Wildman–Crippen LogP) is 2.38. The van der Waals surface area contributed by atoms with E-state index in [0.717, 1.165) is 32.7 Å². The van der Waals surface area contributed by atoms with Crippen LogP contribution in [-0.2, 0) is 23.1 Å². The minimum Gasteiger partial charge on any atom is -0.383 e. The zero-order valence-corrected chi connectivity index (χ0v) is 12.0. The Bertz CT molecular complexity index is 409.